The lowest BCUT2D eigenvalue weighted by atomic mass is 10.1. The quantitative estimate of drug-likeness (QED) is 0.485. The zero-order chi connectivity index (χ0) is 24.9. The molecular formula is C27H33N7O2. The molecule has 36 heavy (non-hydrogen) atoms. The molecule has 188 valence electrons. The van der Waals surface area contributed by atoms with Gasteiger partial charge in [-0.2, -0.15) is 0 Å². The molecule has 4 heterocycles. The van der Waals surface area contributed by atoms with E-state index in [0.29, 0.717) is 17.1 Å². The maximum absolute atomic E-state index is 13.3. The van der Waals surface area contributed by atoms with E-state index >= 15 is 0 Å². The van der Waals surface area contributed by atoms with Crippen molar-refractivity contribution in [3.05, 3.63) is 66.1 Å². The van der Waals surface area contributed by atoms with E-state index in [1.54, 1.807) is 18.5 Å². The number of ether oxygens (including phenoxy) is 1. The lowest BCUT2D eigenvalue weighted by molar-refractivity contribution is 0.0342. The van der Waals surface area contributed by atoms with Gasteiger partial charge in [0.1, 0.15) is 0 Å². The van der Waals surface area contributed by atoms with Crippen LogP contribution in [-0.2, 0) is 11.3 Å². The highest BCUT2D eigenvalue weighted by atomic mass is 16.5. The zero-order valence-electron chi connectivity index (χ0n) is 20.4. The molecule has 2 aliphatic heterocycles. The lowest BCUT2D eigenvalue weighted by Gasteiger charge is -2.33. The van der Waals surface area contributed by atoms with Crippen LogP contribution in [0, 0.1) is 0 Å². The van der Waals surface area contributed by atoms with Crippen molar-refractivity contribution in [2.45, 2.75) is 25.4 Å². The summed E-state index contributed by atoms with van der Waals surface area (Å²) in [6.07, 6.45) is 5.39. The minimum Gasteiger partial charge on any atom is -0.397 e. The Morgan fingerprint density at radius 3 is 2.67 bits per heavy atom. The fourth-order valence-electron chi connectivity index (χ4n) is 4.78. The van der Waals surface area contributed by atoms with Gasteiger partial charge in [0.15, 0.2) is 5.69 Å². The number of rotatable bonds is 6. The number of benzene rings is 1. The van der Waals surface area contributed by atoms with Gasteiger partial charge in [-0.3, -0.25) is 14.7 Å². The summed E-state index contributed by atoms with van der Waals surface area (Å²) in [7, 11) is 0. The van der Waals surface area contributed by atoms with Crippen LogP contribution >= 0.6 is 0 Å². The summed E-state index contributed by atoms with van der Waals surface area (Å²) >= 11 is 0. The van der Waals surface area contributed by atoms with Gasteiger partial charge in [-0.05, 0) is 36.6 Å². The van der Waals surface area contributed by atoms with Crippen LogP contribution in [0.3, 0.4) is 0 Å². The fourth-order valence-corrected chi connectivity index (χ4v) is 4.78. The van der Waals surface area contributed by atoms with E-state index in [1.807, 2.05) is 24.3 Å². The summed E-state index contributed by atoms with van der Waals surface area (Å²) in [5.74, 6) is -0.367. The Balaban J connectivity index is 1.32. The monoisotopic (exact) mass is 487 g/mol. The van der Waals surface area contributed by atoms with Crippen LogP contribution in [-0.4, -0.2) is 66.2 Å². The summed E-state index contributed by atoms with van der Waals surface area (Å²) in [5.41, 5.74) is 17.2. The molecule has 2 saturated heterocycles. The van der Waals surface area contributed by atoms with Crippen LogP contribution in [0.2, 0.25) is 0 Å². The second kappa shape index (κ2) is 11.0. The molecule has 9 heteroatoms. The molecule has 0 bridgehead atoms. The summed E-state index contributed by atoms with van der Waals surface area (Å²) in [6, 6.07) is 13.9. The number of piperidine rings is 1. The van der Waals surface area contributed by atoms with Crippen LogP contribution in [0.4, 0.5) is 17.1 Å². The number of amides is 1. The molecule has 5 N–H and O–H groups in total. The first-order valence-electron chi connectivity index (χ1n) is 12.5. The number of nitrogens with zero attached hydrogens (tertiary/aromatic N) is 4. The summed E-state index contributed by atoms with van der Waals surface area (Å²) in [5, 5.41) is 2.97. The van der Waals surface area contributed by atoms with Crippen LogP contribution in [0.1, 0.15) is 28.9 Å². The molecule has 3 aromatic rings. The molecule has 5 rings (SSSR count). The number of anilines is 3. The van der Waals surface area contributed by atoms with Crippen LogP contribution in [0.15, 0.2) is 54.9 Å². The van der Waals surface area contributed by atoms with E-state index in [4.69, 9.17) is 16.2 Å². The maximum Gasteiger partial charge on any atom is 0.276 e. The highest BCUT2D eigenvalue weighted by Gasteiger charge is 2.21. The van der Waals surface area contributed by atoms with Crippen molar-refractivity contribution in [3.8, 4) is 11.3 Å². The largest absolute Gasteiger partial charge is 0.397 e. The van der Waals surface area contributed by atoms with Crippen molar-refractivity contribution in [1.29, 1.82) is 0 Å². The first-order valence-corrected chi connectivity index (χ1v) is 12.5. The summed E-state index contributed by atoms with van der Waals surface area (Å²) in [4.78, 5) is 26.7. The zero-order valence-corrected chi connectivity index (χ0v) is 20.4. The number of nitrogen functional groups attached to an aromatic ring is 1. The van der Waals surface area contributed by atoms with Gasteiger partial charge in [0, 0.05) is 50.5 Å². The summed E-state index contributed by atoms with van der Waals surface area (Å²) in [6.45, 7) is 5.98. The average molecular weight is 488 g/mol. The number of pyridine rings is 2. The molecule has 0 aliphatic carbocycles. The standard InChI is InChI=1S/C27H33N7O2/c28-21-2-1-11-34(18-21)25-9-10-30-16-24(25)32-27(35)26-22(29)7-8-23(31-26)20-5-3-19(4-6-20)17-33-12-14-36-15-13-33/h3-10,16,21H,1-2,11-15,17-18,28-29H2,(H,32,35). The van der Waals surface area contributed by atoms with Crippen LogP contribution in [0.25, 0.3) is 11.3 Å². The third kappa shape index (κ3) is 5.64. The van der Waals surface area contributed by atoms with Crippen LogP contribution < -0.4 is 21.7 Å². The predicted octanol–water partition coefficient (Wildman–Crippen LogP) is 2.74. The smallest absolute Gasteiger partial charge is 0.276 e. The number of hydrogen-bond donors (Lipinski definition) is 3. The van der Waals surface area contributed by atoms with Crippen LogP contribution in [0.5, 0.6) is 0 Å². The second-order valence-corrected chi connectivity index (χ2v) is 9.42. The molecule has 1 amide bonds. The second-order valence-electron chi connectivity index (χ2n) is 9.42. The van der Waals surface area contributed by atoms with Gasteiger partial charge in [-0.15, -0.1) is 0 Å². The van der Waals surface area contributed by atoms with Gasteiger partial charge in [-0.25, -0.2) is 4.98 Å². The van der Waals surface area contributed by atoms with E-state index < -0.39 is 0 Å². The molecule has 1 aromatic carbocycles. The number of aromatic nitrogens is 2. The molecule has 1 unspecified atom stereocenters. The first-order chi connectivity index (χ1) is 17.6. The van der Waals surface area contributed by atoms with Gasteiger partial charge in [-0.1, -0.05) is 24.3 Å². The van der Waals surface area contributed by atoms with Crippen molar-refractivity contribution < 1.29 is 9.53 Å². The minimum atomic E-state index is -0.367. The highest BCUT2D eigenvalue weighted by molar-refractivity contribution is 6.07. The van der Waals surface area contributed by atoms with Gasteiger partial charge < -0.3 is 26.4 Å². The average Bonchev–Trinajstić information content (AvgIpc) is 2.90. The Morgan fingerprint density at radius 1 is 1.08 bits per heavy atom. The predicted molar refractivity (Wildman–Crippen MR) is 142 cm³/mol. The van der Waals surface area contributed by atoms with Crippen molar-refractivity contribution in [1.82, 2.24) is 14.9 Å². The van der Waals surface area contributed by atoms with Gasteiger partial charge in [0.05, 0.1) is 42.2 Å². The van der Waals surface area contributed by atoms with E-state index in [1.165, 1.54) is 5.56 Å². The van der Waals surface area contributed by atoms with Crippen molar-refractivity contribution >= 4 is 23.0 Å². The fraction of sp³-hybridized carbons (Fsp3) is 0.370. The molecular weight excluding hydrogens is 454 g/mol. The van der Waals surface area contributed by atoms with Gasteiger partial charge in [0.2, 0.25) is 0 Å². The van der Waals surface area contributed by atoms with Crippen molar-refractivity contribution in [2.24, 2.45) is 5.73 Å². The van der Waals surface area contributed by atoms with Gasteiger partial charge >= 0.3 is 0 Å². The maximum atomic E-state index is 13.3. The molecule has 2 aliphatic rings. The highest BCUT2D eigenvalue weighted by Crippen LogP contribution is 2.28. The lowest BCUT2D eigenvalue weighted by Crippen LogP contribution is -2.43. The topological polar surface area (TPSA) is 123 Å². The number of hydrogen-bond acceptors (Lipinski definition) is 8. The Bertz CT molecular complexity index is 1190. The third-order valence-corrected chi connectivity index (χ3v) is 6.75. The molecule has 1 atom stereocenters. The molecule has 0 spiro atoms. The molecule has 9 nitrogen and oxygen atoms in total. The Labute approximate surface area is 211 Å². The number of carbonyl (C=O) groups excluding carboxylic acids is 1. The number of morpholine rings is 1. The van der Waals surface area contributed by atoms with Crippen molar-refractivity contribution in [2.75, 3.05) is 55.3 Å². The molecule has 0 saturated carbocycles. The van der Waals surface area contributed by atoms with E-state index in [9.17, 15) is 4.79 Å². The SMILES string of the molecule is Nc1ccc(-c2ccc(CN3CCOCC3)cc2)nc1C(=O)Nc1cnccc1N1CCCC(N)C1. The number of carbonyl (C=O) groups is 1. The molecule has 0 radical (unpaired) electrons. The number of nitrogens with two attached hydrogens (primary N) is 2. The summed E-state index contributed by atoms with van der Waals surface area (Å²) < 4.78 is 5.43. The van der Waals surface area contributed by atoms with Gasteiger partial charge in [0.25, 0.3) is 5.91 Å². The third-order valence-electron chi connectivity index (χ3n) is 6.75. The molecule has 2 aromatic heterocycles. The minimum absolute atomic E-state index is 0.115. The Kier molecular flexibility index (Phi) is 7.41. The number of nitrogens with one attached hydrogen (secondary N) is 1. The van der Waals surface area contributed by atoms with Crippen molar-refractivity contribution in [3.63, 3.8) is 0 Å². The van der Waals surface area contributed by atoms with E-state index in [-0.39, 0.29) is 17.6 Å². The van der Waals surface area contributed by atoms with E-state index in [2.05, 4.69) is 37.2 Å². The Morgan fingerprint density at radius 2 is 1.89 bits per heavy atom. The first kappa shape index (κ1) is 24.2. The normalized spacial score (nSPS) is 18.7. The molecule has 2 fully saturated rings. The van der Waals surface area contributed by atoms with E-state index in [0.717, 1.165) is 70.0 Å². The Hall–Kier alpha value is -3.53.